The van der Waals surface area contributed by atoms with Gasteiger partial charge < -0.3 is 10.1 Å². The highest BCUT2D eigenvalue weighted by Crippen LogP contribution is 2.28. The Morgan fingerprint density at radius 2 is 2.07 bits per heavy atom. The van der Waals surface area contributed by atoms with Crippen LogP contribution in [0.25, 0.3) is 10.8 Å². The number of hydrogen-bond donors (Lipinski definition) is 2. The summed E-state index contributed by atoms with van der Waals surface area (Å²) in [6.45, 7) is 8.33. The van der Waals surface area contributed by atoms with E-state index in [1.54, 1.807) is 0 Å². The topological polar surface area (TPSA) is 70.2 Å². The third-order valence-electron chi connectivity index (χ3n) is 5.76. The maximum Gasteiger partial charge on any atom is 0.234 e. The summed E-state index contributed by atoms with van der Waals surface area (Å²) in [5.74, 6) is 0.0244. The van der Waals surface area contributed by atoms with Gasteiger partial charge in [0, 0.05) is 17.8 Å². The zero-order valence-corrected chi connectivity index (χ0v) is 17.2. The molecule has 1 aliphatic heterocycles. The maximum absolute atomic E-state index is 12.8. The van der Waals surface area contributed by atoms with Crippen molar-refractivity contribution in [2.45, 2.75) is 32.9 Å². The number of benzene rings is 2. The molecule has 1 amide bonds. The van der Waals surface area contributed by atoms with Gasteiger partial charge in [-0.05, 0) is 43.2 Å². The van der Waals surface area contributed by atoms with E-state index in [0.29, 0.717) is 19.8 Å². The number of nitrogens with one attached hydrogen (secondary N) is 2. The Balaban J connectivity index is 1.44. The van der Waals surface area contributed by atoms with Crippen LogP contribution >= 0.6 is 0 Å². The van der Waals surface area contributed by atoms with Crippen molar-refractivity contribution in [1.29, 1.82) is 0 Å². The van der Waals surface area contributed by atoms with Gasteiger partial charge in [-0.3, -0.25) is 14.8 Å². The number of ether oxygens (including phenoxy) is 1. The molecule has 6 heteroatoms. The number of aryl methyl sites for hydroxylation is 2. The number of aromatic nitrogens is 2. The Morgan fingerprint density at radius 3 is 2.83 bits per heavy atom. The Bertz CT molecular complexity index is 994. The summed E-state index contributed by atoms with van der Waals surface area (Å²) in [4.78, 5) is 15.0. The molecule has 2 heterocycles. The molecule has 1 aromatic heterocycles. The van der Waals surface area contributed by atoms with Gasteiger partial charge in [-0.2, -0.15) is 5.10 Å². The molecule has 2 aromatic carbocycles. The van der Waals surface area contributed by atoms with Crippen molar-refractivity contribution in [2.24, 2.45) is 0 Å². The van der Waals surface area contributed by atoms with E-state index >= 15 is 0 Å². The van der Waals surface area contributed by atoms with Crippen molar-refractivity contribution in [2.75, 3.05) is 26.3 Å². The molecule has 6 nitrogen and oxygen atoms in total. The number of carbonyl (C=O) groups is 1. The first-order valence-electron chi connectivity index (χ1n) is 10.1. The van der Waals surface area contributed by atoms with Crippen molar-refractivity contribution >= 4 is 16.7 Å². The molecular weight excluding hydrogens is 364 g/mol. The number of aromatic amines is 1. The fourth-order valence-corrected chi connectivity index (χ4v) is 4.18. The van der Waals surface area contributed by atoms with Crippen LogP contribution in [-0.4, -0.2) is 47.3 Å². The predicted octanol–water partition coefficient (Wildman–Crippen LogP) is 3.43. The van der Waals surface area contributed by atoms with Crippen LogP contribution in [0.3, 0.4) is 0 Å². The minimum atomic E-state index is -0.0519. The average Bonchev–Trinajstić information content (AvgIpc) is 3.06. The Hall–Kier alpha value is -2.70. The first-order valence-corrected chi connectivity index (χ1v) is 10.1. The van der Waals surface area contributed by atoms with Crippen LogP contribution in [0.1, 0.15) is 41.5 Å². The third kappa shape index (κ3) is 4.18. The molecule has 152 valence electrons. The van der Waals surface area contributed by atoms with Crippen LogP contribution in [0.2, 0.25) is 0 Å². The molecule has 2 N–H and O–H groups in total. The van der Waals surface area contributed by atoms with Crippen LogP contribution < -0.4 is 5.32 Å². The van der Waals surface area contributed by atoms with Gasteiger partial charge in [0.25, 0.3) is 0 Å². The number of hydrogen-bond acceptors (Lipinski definition) is 4. The summed E-state index contributed by atoms with van der Waals surface area (Å²) in [5, 5.41) is 12.9. The van der Waals surface area contributed by atoms with Crippen LogP contribution in [0.15, 0.2) is 42.5 Å². The highest BCUT2D eigenvalue weighted by Gasteiger charge is 2.30. The van der Waals surface area contributed by atoms with E-state index in [-0.39, 0.29) is 18.0 Å². The summed E-state index contributed by atoms with van der Waals surface area (Å²) in [6.07, 6.45) is 0. The fourth-order valence-electron chi connectivity index (χ4n) is 4.18. The molecule has 0 spiro atoms. The largest absolute Gasteiger partial charge is 0.378 e. The molecule has 29 heavy (non-hydrogen) atoms. The van der Waals surface area contributed by atoms with Gasteiger partial charge in [-0.25, -0.2) is 0 Å². The SMILES string of the molecule is Cc1n[nH]c(C)c1[C@H]1COCCN1CC(=O)N[C@H](C)c1ccc2ccccc2c1. The lowest BCUT2D eigenvalue weighted by molar-refractivity contribution is -0.125. The number of carbonyl (C=O) groups excluding carboxylic acids is 1. The molecule has 1 fully saturated rings. The second-order valence-corrected chi connectivity index (χ2v) is 7.80. The van der Waals surface area contributed by atoms with Crippen molar-refractivity contribution < 1.29 is 9.53 Å². The van der Waals surface area contributed by atoms with Gasteiger partial charge in [-0.1, -0.05) is 36.4 Å². The minimum Gasteiger partial charge on any atom is -0.378 e. The molecule has 0 radical (unpaired) electrons. The Morgan fingerprint density at radius 1 is 1.28 bits per heavy atom. The Labute approximate surface area is 171 Å². The zero-order chi connectivity index (χ0) is 20.4. The third-order valence-corrected chi connectivity index (χ3v) is 5.76. The van der Waals surface area contributed by atoms with E-state index in [1.165, 1.54) is 10.8 Å². The van der Waals surface area contributed by atoms with E-state index < -0.39 is 0 Å². The second-order valence-electron chi connectivity index (χ2n) is 7.80. The van der Waals surface area contributed by atoms with Gasteiger partial charge in [-0.15, -0.1) is 0 Å². The average molecular weight is 393 g/mol. The molecular formula is C23H28N4O2. The van der Waals surface area contributed by atoms with Gasteiger partial charge in [0.15, 0.2) is 0 Å². The fraction of sp³-hybridized carbons (Fsp3) is 0.391. The maximum atomic E-state index is 12.8. The lowest BCUT2D eigenvalue weighted by Gasteiger charge is -2.35. The molecule has 4 rings (SSSR count). The van der Waals surface area contributed by atoms with Crippen LogP contribution in [0, 0.1) is 13.8 Å². The summed E-state index contributed by atoms with van der Waals surface area (Å²) in [5.41, 5.74) is 4.25. The van der Waals surface area contributed by atoms with Gasteiger partial charge in [0.2, 0.25) is 5.91 Å². The quantitative estimate of drug-likeness (QED) is 0.698. The van der Waals surface area contributed by atoms with Crippen molar-refractivity contribution in [1.82, 2.24) is 20.4 Å². The molecule has 0 unspecified atom stereocenters. The van der Waals surface area contributed by atoms with Crippen molar-refractivity contribution in [3.05, 3.63) is 65.0 Å². The summed E-state index contributed by atoms with van der Waals surface area (Å²) < 4.78 is 5.70. The number of amides is 1. The number of nitrogens with zero attached hydrogens (tertiary/aromatic N) is 2. The highest BCUT2D eigenvalue weighted by atomic mass is 16.5. The zero-order valence-electron chi connectivity index (χ0n) is 17.2. The van der Waals surface area contributed by atoms with Crippen LogP contribution in [-0.2, 0) is 9.53 Å². The molecule has 0 saturated carbocycles. The highest BCUT2D eigenvalue weighted by molar-refractivity contribution is 5.83. The number of fused-ring (bicyclic) bond motifs is 1. The second kappa shape index (κ2) is 8.35. The van der Waals surface area contributed by atoms with Crippen molar-refractivity contribution in [3.63, 3.8) is 0 Å². The lowest BCUT2D eigenvalue weighted by Crippen LogP contribution is -2.45. The normalized spacial score (nSPS) is 18.7. The van der Waals surface area contributed by atoms with E-state index in [2.05, 4.69) is 50.7 Å². The first kappa shape index (κ1) is 19.6. The number of rotatable bonds is 5. The molecule has 0 aliphatic carbocycles. The van der Waals surface area contributed by atoms with E-state index in [4.69, 9.17) is 4.74 Å². The molecule has 2 atom stereocenters. The van der Waals surface area contributed by atoms with Gasteiger partial charge in [0.1, 0.15) is 0 Å². The van der Waals surface area contributed by atoms with E-state index in [1.807, 2.05) is 32.9 Å². The molecule has 1 saturated heterocycles. The van der Waals surface area contributed by atoms with Gasteiger partial charge >= 0.3 is 0 Å². The number of H-pyrrole nitrogens is 1. The summed E-state index contributed by atoms with van der Waals surface area (Å²) in [6, 6.07) is 14.6. The summed E-state index contributed by atoms with van der Waals surface area (Å²) in [7, 11) is 0. The smallest absolute Gasteiger partial charge is 0.234 e. The predicted molar refractivity (Wildman–Crippen MR) is 114 cm³/mol. The lowest BCUT2D eigenvalue weighted by atomic mass is 10.0. The number of morpholine rings is 1. The molecule has 1 aliphatic rings. The minimum absolute atomic E-state index is 0.0244. The summed E-state index contributed by atoms with van der Waals surface area (Å²) >= 11 is 0. The van der Waals surface area contributed by atoms with Crippen LogP contribution in [0.4, 0.5) is 0 Å². The molecule has 0 bridgehead atoms. The van der Waals surface area contributed by atoms with E-state index in [0.717, 1.165) is 29.1 Å². The van der Waals surface area contributed by atoms with Crippen molar-refractivity contribution in [3.8, 4) is 0 Å². The molecule has 3 aromatic rings. The van der Waals surface area contributed by atoms with Gasteiger partial charge in [0.05, 0.1) is 37.5 Å². The Kier molecular flexibility index (Phi) is 5.65. The van der Waals surface area contributed by atoms with Crippen LogP contribution in [0.5, 0.6) is 0 Å². The standard InChI is InChI=1S/C23H28N4O2/c1-15(19-9-8-18-6-4-5-7-20(18)12-19)24-22(28)13-27-10-11-29-14-21(27)23-16(2)25-26-17(23)3/h4-9,12,15,21H,10-11,13-14H2,1-3H3,(H,24,28)(H,25,26)/t15-,21-/m1/s1. The first-order chi connectivity index (χ1) is 14.0. The monoisotopic (exact) mass is 392 g/mol. The van der Waals surface area contributed by atoms with E-state index in [9.17, 15) is 4.79 Å².